The fourth-order valence-electron chi connectivity index (χ4n) is 4.36. The number of nitrogens with zero attached hydrogens (tertiary/aromatic N) is 2. The lowest BCUT2D eigenvalue weighted by molar-refractivity contribution is -0.142. The van der Waals surface area contributed by atoms with Gasteiger partial charge in [0, 0.05) is 42.7 Å². The molecule has 34 heavy (non-hydrogen) atoms. The molecule has 1 N–H and O–H groups in total. The zero-order valence-corrected chi connectivity index (χ0v) is 20.4. The van der Waals surface area contributed by atoms with E-state index in [9.17, 15) is 9.59 Å². The molecule has 4 rings (SSSR count). The minimum absolute atomic E-state index is 0.00897. The van der Waals surface area contributed by atoms with Gasteiger partial charge in [-0.2, -0.15) is 0 Å². The number of fused-ring (bicyclic) bond motifs is 1. The third-order valence-corrected chi connectivity index (χ3v) is 6.36. The molecule has 2 amide bonds. The molecule has 0 spiro atoms. The topological polar surface area (TPSA) is 65.6 Å². The fourth-order valence-corrected chi connectivity index (χ4v) is 4.36. The summed E-state index contributed by atoms with van der Waals surface area (Å²) in [4.78, 5) is 33.4. The highest BCUT2D eigenvalue weighted by atomic mass is 16.5. The average molecular weight is 462 g/mol. The Morgan fingerprint density at radius 2 is 1.79 bits per heavy atom. The summed E-state index contributed by atoms with van der Waals surface area (Å²) in [5.41, 5.74) is 3.33. The normalized spacial score (nSPS) is 13.3. The molecule has 0 bridgehead atoms. The van der Waals surface area contributed by atoms with Gasteiger partial charge in [0.25, 0.3) is 0 Å². The van der Waals surface area contributed by atoms with Crippen molar-refractivity contribution in [3.8, 4) is 5.75 Å². The van der Waals surface area contributed by atoms with Crippen LogP contribution in [0.15, 0.2) is 54.7 Å². The first-order chi connectivity index (χ1) is 16.4. The van der Waals surface area contributed by atoms with Crippen LogP contribution >= 0.6 is 0 Å². The van der Waals surface area contributed by atoms with Crippen LogP contribution in [0.3, 0.4) is 0 Å². The molecule has 0 aliphatic heterocycles. The third kappa shape index (κ3) is 5.99. The van der Waals surface area contributed by atoms with E-state index in [0.29, 0.717) is 25.6 Å². The van der Waals surface area contributed by atoms with Crippen LogP contribution in [-0.4, -0.2) is 53.3 Å². The quantitative estimate of drug-likeness (QED) is 0.452. The number of hydrogen-bond donors (Lipinski definition) is 1. The maximum absolute atomic E-state index is 13.5. The van der Waals surface area contributed by atoms with Crippen LogP contribution in [-0.2, 0) is 22.6 Å². The Kier molecular flexibility index (Phi) is 7.56. The van der Waals surface area contributed by atoms with Crippen LogP contribution in [0.1, 0.15) is 37.8 Å². The Morgan fingerprint density at radius 3 is 2.47 bits per heavy atom. The summed E-state index contributed by atoms with van der Waals surface area (Å²) in [6.45, 7) is 6.00. The number of para-hydroxylation sites is 1. The van der Waals surface area contributed by atoms with E-state index >= 15 is 0 Å². The van der Waals surface area contributed by atoms with Crippen LogP contribution in [0.25, 0.3) is 10.9 Å². The van der Waals surface area contributed by atoms with Gasteiger partial charge in [-0.3, -0.25) is 9.59 Å². The Labute approximate surface area is 201 Å². The fraction of sp³-hybridized carbons (Fsp3) is 0.429. The number of ether oxygens (including phenoxy) is 1. The molecular formula is C28H35N3O3. The molecule has 3 aromatic rings. The summed E-state index contributed by atoms with van der Waals surface area (Å²) in [6.07, 6.45) is 4.66. The number of H-pyrrole nitrogens is 1. The Bertz CT molecular complexity index is 1120. The molecule has 6 heteroatoms. The van der Waals surface area contributed by atoms with Crippen molar-refractivity contribution in [2.24, 2.45) is 11.8 Å². The van der Waals surface area contributed by atoms with Crippen molar-refractivity contribution in [1.82, 2.24) is 14.8 Å². The Morgan fingerprint density at radius 1 is 1.06 bits per heavy atom. The van der Waals surface area contributed by atoms with Crippen LogP contribution < -0.4 is 4.74 Å². The lowest BCUT2D eigenvalue weighted by Crippen LogP contribution is -2.45. The summed E-state index contributed by atoms with van der Waals surface area (Å²) in [6, 6.07) is 16.0. The molecule has 1 aliphatic rings. The predicted octanol–water partition coefficient (Wildman–Crippen LogP) is 4.64. The number of carbonyl (C=O) groups is 2. The second-order valence-corrected chi connectivity index (χ2v) is 9.66. The van der Waals surface area contributed by atoms with Crippen molar-refractivity contribution in [3.63, 3.8) is 0 Å². The Balaban J connectivity index is 1.51. The molecule has 0 radical (unpaired) electrons. The molecule has 1 aromatic heterocycles. The highest BCUT2D eigenvalue weighted by Gasteiger charge is 2.34. The van der Waals surface area contributed by atoms with Crippen molar-refractivity contribution < 1.29 is 14.3 Å². The molecule has 0 saturated heterocycles. The monoisotopic (exact) mass is 461 g/mol. The number of amides is 2. The first-order valence-corrected chi connectivity index (χ1v) is 12.2. The summed E-state index contributed by atoms with van der Waals surface area (Å²) in [5.74, 6) is 1.33. The van der Waals surface area contributed by atoms with Gasteiger partial charge in [-0.25, -0.2) is 0 Å². The average Bonchev–Trinajstić information content (AvgIpc) is 3.61. The number of hydrogen-bond acceptors (Lipinski definition) is 3. The molecule has 0 atom stereocenters. The van der Waals surface area contributed by atoms with Crippen LogP contribution in [0.2, 0.25) is 0 Å². The maximum atomic E-state index is 13.5. The molecule has 1 aliphatic carbocycles. The highest BCUT2D eigenvalue weighted by molar-refractivity contribution is 5.87. The smallest absolute Gasteiger partial charge is 0.242 e. The minimum Gasteiger partial charge on any atom is -0.497 e. The Hall–Kier alpha value is -3.28. The first-order valence-electron chi connectivity index (χ1n) is 12.2. The van der Waals surface area contributed by atoms with Crippen molar-refractivity contribution in [2.75, 3.05) is 26.7 Å². The number of aromatic amines is 1. The third-order valence-electron chi connectivity index (χ3n) is 6.36. The van der Waals surface area contributed by atoms with Crippen LogP contribution in [0.5, 0.6) is 5.75 Å². The number of aromatic nitrogens is 1. The van der Waals surface area contributed by atoms with E-state index in [1.807, 2.05) is 47.5 Å². The van der Waals surface area contributed by atoms with Gasteiger partial charge < -0.3 is 19.5 Å². The number of rotatable bonds is 11. The highest BCUT2D eigenvalue weighted by Crippen LogP contribution is 2.31. The van der Waals surface area contributed by atoms with E-state index in [-0.39, 0.29) is 24.3 Å². The van der Waals surface area contributed by atoms with Crippen molar-refractivity contribution >= 4 is 22.7 Å². The van der Waals surface area contributed by atoms with Gasteiger partial charge in [0.05, 0.1) is 13.7 Å². The molecule has 2 aromatic carbocycles. The molecule has 1 fully saturated rings. The summed E-state index contributed by atoms with van der Waals surface area (Å²) >= 11 is 0. The SMILES string of the molecule is COc1ccc(CN(CCc2c[nH]c3ccccc23)C(=O)CN(CC(C)C)C(=O)C2CC2)cc1. The zero-order chi connectivity index (χ0) is 24.1. The number of carbonyl (C=O) groups excluding carboxylic acids is 2. The largest absolute Gasteiger partial charge is 0.497 e. The standard InChI is InChI=1S/C28H35N3O3/c1-20(2)17-31(28(33)22-10-11-22)19-27(32)30(18-21-8-12-24(34-3)13-9-21)15-14-23-16-29-26-7-5-4-6-25(23)26/h4-9,12-13,16,20,22,29H,10-11,14-15,17-19H2,1-3H3. The molecule has 180 valence electrons. The second kappa shape index (κ2) is 10.8. The first kappa shape index (κ1) is 23.9. The molecule has 1 heterocycles. The van der Waals surface area contributed by atoms with Crippen LogP contribution in [0.4, 0.5) is 0 Å². The van der Waals surface area contributed by atoms with Gasteiger partial charge in [0.1, 0.15) is 5.75 Å². The van der Waals surface area contributed by atoms with Gasteiger partial charge in [0.2, 0.25) is 11.8 Å². The van der Waals surface area contributed by atoms with E-state index in [4.69, 9.17) is 4.74 Å². The van der Waals surface area contributed by atoms with Crippen molar-refractivity contribution in [2.45, 2.75) is 39.7 Å². The zero-order valence-electron chi connectivity index (χ0n) is 20.4. The van der Waals surface area contributed by atoms with E-state index in [0.717, 1.165) is 36.1 Å². The van der Waals surface area contributed by atoms with Gasteiger partial charge in [-0.15, -0.1) is 0 Å². The van der Waals surface area contributed by atoms with Gasteiger partial charge in [-0.05, 0) is 54.5 Å². The van der Waals surface area contributed by atoms with Crippen molar-refractivity contribution in [1.29, 1.82) is 0 Å². The number of nitrogens with one attached hydrogen (secondary N) is 1. The van der Waals surface area contributed by atoms with Crippen LogP contribution in [0, 0.1) is 11.8 Å². The minimum atomic E-state index is -0.00897. The lowest BCUT2D eigenvalue weighted by atomic mass is 10.1. The molecular weight excluding hydrogens is 426 g/mol. The predicted molar refractivity (Wildman–Crippen MR) is 135 cm³/mol. The van der Waals surface area contributed by atoms with Gasteiger partial charge >= 0.3 is 0 Å². The summed E-state index contributed by atoms with van der Waals surface area (Å²) in [5, 5.41) is 1.18. The second-order valence-electron chi connectivity index (χ2n) is 9.66. The number of benzene rings is 2. The lowest BCUT2D eigenvalue weighted by Gasteiger charge is -2.29. The van der Waals surface area contributed by atoms with E-state index in [1.54, 1.807) is 12.0 Å². The molecule has 1 saturated carbocycles. The summed E-state index contributed by atoms with van der Waals surface area (Å²) < 4.78 is 5.28. The van der Waals surface area contributed by atoms with E-state index in [2.05, 4.69) is 31.0 Å². The van der Waals surface area contributed by atoms with Crippen molar-refractivity contribution in [3.05, 3.63) is 65.9 Å². The van der Waals surface area contributed by atoms with E-state index < -0.39 is 0 Å². The van der Waals surface area contributed by atoms with Gasteiger partial charge in [0.15, 0.2) is 0 Å². The maximum Gasteiger partial charge on any atom is 0.242 e. The number of methoxy groups -OCH3 is 1. The summed E-state index contributed by atoms with van der Waals surface area (Å²) in [7, 11) is 1.65. The molecule has 0 unspecified atom stereocenters. The molecule has 6 nitrogen and oxygen atoms in total. The van der Waals surface area contributed by atoms with Gasteiger partial charge in [-0.1, -0.05) is 44.2 Å². The van der Waals surface area contributed by atoms with E-state index in [1.165, 1.54) is 10.9 Å².